The van der Waals surface area contributed by atoms with E-state index in [0.29, 0.717) is 30.6 Å². The van der Waals surface area contributed by atoms with E-state index >= 15 is 0 Å². The number of carbonyl (C=O) groups is 2. The predicted molar refractivity (Wildman–Crippen MR) is 124 cm³/mol. The molecule has 168 valence electrons. The Hall–Kier alpha value is -2.75. The number of morpholine rings is 1. The molecule has 2 aromatic rings. The number of amidine groups is 1. The Morgan fingerprint density at radius 1 is 1.09 bits per heavy atom. The van der Waals surface area contributed by atoms with Crippen molar-refractivity contribution >= 4 is 40.1 Å². The number of aliphatic imine (C=N–C) groups is 1. The Balaban J connectivity index is 1.49. The van der Waals surface area contributed by atoms with E-state index in [-0.39, 0.29) is 24.1 Å². The predicted octanol–water partition coefficient (Wildman–Crippen LogP) is 3.12. The zero-order chi connectivity index (χ0) is 22.3. The van der Waals surface area contributed by atoms with E-state index in [1.54, 1.807) is 4.90 Å². The van der Waals surface area contributed by atoms with Gasteiger partial charge in [0, 0.05) is 38.3 Å². The number of nitrogens with one attached hydrogen (secondary N) is 1. The molecule has 32 heavy (non-hydrogen) atoms. The molecule has 2 amide bonds. The maximum atomic E-state index is 13.1. The third-order valence-corrected chi connectivity index (χ3v) is 6.46. The molecule has 1 N–H and O–H groups in total. The molecule has 2 aromatic carbocycles. The number of carbonyl (C=O) groups excluding carboxylic acids is 2. The van der Waals surface area contributed by atoms with Gasteiger partial charge >= 0.3 is 0 Å². The monoisotopic (exact) mass is 456 g/mol. The molecular weight excluding hydrogens is 431 g/mol. The Morgan fingerprint density at radius 2 is 1.81 bits per heavy atom. The topological polar surface area (TPSA) is 74.2 Å². The highest BCUT2D eigenvalue weighted by Gasteiger charge is 2.36. The summed E-state index contributed by atoms with van der Waals surface area (Å²) in [7, 11) is 0. The summed E-state index contributed by atoms with van der Waals surface area (Å²) in [4.78, 5) is 34.5. The van der Waals surface area contributed by atoms with Crippen molar-refractivity contribution in [3.63, 3.8) is 0 Å². The van der Waals surface area contributed by atoms with Crippen molar-refractivity contribution < 1.29 is 18.7 Å². The summed E-state index contributed by atoms with van der Waals surface area (Å²) in [5.41, 5.74) is 1.21. The summed E-state index contributed by atoms with van der Waals surface area (Å²) >= 11 is 1.28. The van der Waals surface area contributed by atoms with Crippen LogP contribution < -0.4 is 5.32 Å². The molecule has 0 radical (unpaired) electrons. The molecule has 2 fully saturated rings. The van der Waals surface area contributed by atoms with Crippen LogP contribution in [0.2, 0.25) is 0 Å². The average molecular weight is 457 g/mol. The van der Waals surface area contributed by atoms with Crippen LogP contribution in [-0.4, -0.2) is 71.4 Å². The van der Waals surface area contributed by atoms with Gasteiger partial charge in [-0.3, -0.25) is 19.4 Å². The lowest BCUT2D eigenvalue weighted by Gasteiger charge is -2.34. The molecule has 0 aromatic heterocycles. The molecule has 1 unspecified atom stereocenters. The number of anilines is 1. The highest BCUT2D eigenvalue weighted by molar-refractivity contribution is 8.15. The number of rotatable bonds is 6. The Morgan fingerprint density at radius 3 is 2.53 bits per heavy atom. The van der Waals surface area contributed by atoms with Gasteiger partial charge in [0.25, 0.3) is 0 Å². The van der Waals surface area contributed by atoms with Gasteiger partial charge in [-0.2, -0.15) is 0 Å². The van der Waals surface area contributed by atoms with Crippen molar-refractivity contribution in [1.82, 2.24) is 9.80 Å². The van der Waals surface area contributed by atoms with Gasteiger partial charge in [-0.1, -0.05) is 30.0 Å². The molecule has 1 atom stereocenters. The Labute approximate surface area is 190 Å². The van der Waals surface area contributed by atoms with Crippen LogP contribution in [0.1, 0.15) is 6.42 Å². The largest absolute Gasteiger partial charge is 0.379 e. The number of nitrogens with zero attached hydrogens (tertiary/aromatic N) is 3. The molecular formula is C23H25FN4O3S. The number of amides is 2. The van der Waals surface area contributed by atoms with Crippen LogP contribution in [-0.2, 0) is 14.3 Å². The molecule has 0 bridgehead atoms. The molecule has 2 aliphatic heterocycles. The molecule has 0 saturated carbocycles. The lowest BCUT2D eigenvalue weighted by molar-refractivity contribution is -0.129. The minimum Gasteiger partial charge on any atom is -0.379 e. The van der Waals surface area contributed by atoms with E-state index in [4.69, 9.17) is 4.74 Å². The van der Waals surface area contributed by atoms with E-state index in [1.165, 1.54) is 36.0 Å². The summed E-state index contributed by atoms with van der Waals surface area (Å²) in [6, 6.07) is 14.9. The van der Waals surface area contributed by atoms with Gasteiger partial charge in [-0.25, -0.2) is 9.38 Å². The van der Waals surface area contributed by atoms with Crippen LogP contribution in [0.4, 0.5) is 15.8 Å². The fraction of sp³-hybridized carbons (Fsp3) is 0.348. The summed E-state index contributed by atoms with van der Waals surface area (Å²) < 4.78 is 18.5. The van der Waals surface area contributed by atoms with Crippen LogP contribution in [0, 0.1) is 5.82 Å². The van der Waals surface area contributed by atoms with Crippen LogP contribution in [0.25, 0.3) is 0 Å². The van der Waals surface area contributed by atoms with Crippen LogP contribution >= 0.6 is 11.8 Å². The quantitative estimate of drug-likeness (QED) is 0.723. The first-order valence-electron chi connectivity index (χ1n) is 10.6. The summed E-state index contributed by atoms with van der Waals surface area (Å²) in [6.45, 7) is 4.28. The van der Waals surface area contributed by atoms with Crippen molar-refractivity contribution in [2.45, 2.75) is 11.7 Å². The van der Waals surface area contributed by atoms with E-state index in [9.17, 15) is 14.0 Å². The van der Waals surface area contributed by atoms with Crippen LogP contribution in [0.3, 0.4) is 0 Å². The second kappa shape index (κ2) is 10.7. The Kier molecular flexibility index (Phi) is 7.51. The van der Waals surface area contributed by atoms with E-state index < -0.39 is 5.25 Å². The van der Waals surface area contributed by atoms with Crippen molar-refractivity contribution in [3.8, 4) is 0 Å². The van der Waals surface area contributed by atoms with Gasteiger partial charge < -0.3 is 10.1 Å². The maximum absolute atomic E-state index is 13.1. The molecule has 2 saturated heterocycles. The van der Waals surface area contributed by atoms with Gasteiger partial charge in [0.05, 0.1) is 18.9 Å². The van der Waals surface area contributed by atoms with E-state index in [1.807, 2.05) is 30.3 Å². The van der Waals surface area contributed by atoms with E-state index in [0.717, 1.165) is 25.3 Å². The van der Waals surface area contributed by atoms with E-state index in [2.05, 4.69) is 15.2 Å². The van der Waals surface area contributed by atoms with Crippen LogP contribution in [0.15, 0.2) is 59.6 Å². The number of para-hydroxylation sites is 1. The zero-order valence-corrected chi connectivity index (χ0v) is 18.4. The van der Waals surface area contributed by atoms with Crippen molar-refractivity contribution in [1.29, 1.82) is 0 Å². The number of halogens is 1. The van der Waals surface area contributed by atoms with Gasteiger partial charge in [-0.05, 0) is 36.4 Å². The number of hydrogen-bond acceptors (Lipinski definition) is 6. The molecule has 7 nitrogen and oxygen atoms in total. The fourth-order valence-electron chi connectivity index (χ4n) is 3.50. The van der Waals surface area contributed by atoms with Crippen molar-refractivity contribution in [2.75, 3.05) is 44.7 Å². The molecule has 2 aliphatic rings. The third kappa shape index (κ3) is 5.93. The normalized spacial score (nSPS) is 21.0. The number of thioether (sulfide) groups is 1. The molecule has 0 spiro atoms. The first-order valence-corrected chi connectivity index (χ1v) is 11.4. The minimum atomic E-state index is -0.616. The van der Waals surface area contributed by atoms with Gasteiger partial charge in [-0.15, -0.1) is 0 Å². The van der Waals surface area contributed by atoms with Gasteiger partial charge in [0.2, 0.25) is 11.8 Å². The number of benzene rings is 2. The highest BCUT2D eigenvalue weighted by Crippen LogP contribution is 2.30. The lowest BCUT2D eigenvalue weighted by atomic mass is 10.2. The van der Waals surface area contributed by atoms with Crippen LogP contribution in [0.5, 0.6) is 0 Å². The standard InChI is InChI=1S/C23H25FN4O3S/c24-17-6-8-19(9-7-17)25-22(30)20-16-21(29)28(11-10-27-12-14-31-15-13-27)23(32-20)26-18-4-2-1-3-5-18/h1-9,20H,10-16H2,(H,25,30). The summed E-state index contributed by atoms with van der Waals surface area (Å²) in [5.74, 6) is -0.812. The summed E-state index contributed by atoms with van der Waals surface area (Å²) in [5, 5.41) is 2.67. The van der Waals surface area contributed by atoms with Crippen molar-refractivity contribution in [3.05, 3.63) is 60.4 Å². The molecule has 2 heterocycles. The zero-order valence-electron chi connectivity index (χ0n) is 17.6. The maximum Gasteiger partial charge on any atom is 0.238 e. The first kappa shape index (κ1) is 22.4. The molecule has 4 rings (SSSR count). The van der Waals surface area contributed by atoms with Crippen molar-refractivity contribution in [2.24, 2.45) is 4.99 Å². The second-order valence-electron chi connectivity index (χ2n) is 7.54. The number of hydrogen-bond donors (Lipinski definition) is 1. The lowest BCUT2D eigenvalue weighted by Crippen LogP contribution is -2.49. The Bertz CT molecular complexity index is 965. The SMILES string of the molecule is O=C(Nc1ccc(F)cc1)C1CC(=O)N(CCN2CCOCC2)C(=Nc2ccccc2)S1. The van der Waals surface area contributed by atoms with Gasteiger partial charge in [0.15, 0.2) is 5.17 Å². The smallest absolute Gasteiger partial charge is 0.238 e. The first-order chi connectivity index (χ1) is 15.6. The fourth-order valence-corrected chi connectivity index (χ4v) is 4.62. The summed E-state index contributed by atoms with van der Waals surface area (Å²) in [6.07, 6.45) is 0.0780. The third-order valence-electron chi connectivity index (χ3n) is 5.27. The molecule has 9 heteroatoms. The second-order valence-corrected chi connectivity index (χ2v) is 8.71. The number of ether oxygens (including phenoxy) is 1. The highest BCUT2D eigenvalue weighted by atomic mass is 32.2. The minimum absolute atomic E-state index is 0.0780. The average Bonchev–Trinajstić information content (AvgIpc) is 2.81. The molecule has 0 aliphatic carbocycles. The van der Waals surface area contributed by atoms with Gasteiger partial charge in [0.1, 0.15) is 11.1 Å².